The number of hydrogen-bond acceptors (Lipinski definition) is 3. The number of hydrogen-bond donors (Lipinski definition) is 1. The number of halogens is 1. The highest BCUT2D eigenvalue weighted by molar-refractivity contribution is 6.35. The summed E-state index contributed by atoms with van der Waals surface area (Å²) >= 11 is 6.14. The lowest BCUT2D eigenvalue weighted by atomic mass is 10.0. The van der Waals surface area contributed by atoms with Gasteiger partial charge in [0.25, 0.3) is 5.91 Å². The molecule has 110 valence electrons. The topological polar surface area (TPSA) is 45.2 Å². The number of pyridine rings is 1. The molecule has 21 heavy (non-hydrogen) atoms. The maximum Gasteiger partial charge on any atom is 0.252 e. The molecule has 1 N–H and O–H groups in total. The van der Waals surface area contributed by atoms with Gasteiger partial charge in [0.15, 0.2) is 0 Å². The van der Waals surface area contributed by atoms with Crippen LogP contribution in [0.3, 0.4) is 0 Å². The van der Waals surface area contributed by atoms with Crippen LogP contribution in [0.2, 0.25) is 5.02 Å². The second-order valence-corrected chi connectivity index (χ2v) is 5.95. The van der Waals surface area contributed by atoms with Gasteiger partial charge in [-0.05, 0) is 51.2 Å². The van der Waals surface area contributed by atoms with Crippen molar-refractivity contribution in [3.05, 3.63) is 41.0 Å². The average Bonchev–Trinajstić information content (AvgIpc) is 2.50. The minimum Gasteiger partial charge on any atom is -0.349 e. The second kappa shape index (κ2) is 6.00. The largest absolute Gasteiger partial charge is 0.349 e. The Morgan fingerprint density at radius 3 is 2.86 bits per heavy atom. The molecule has 1 aromatic carbocycles. The van der Waals surface area contributed by atoms with Crippen molar-refractivity contribution in [1.29, 1.82) is 0 Å². The molecule has 0 saturated carbocycles. The zero-order valence-electron chi connectivity index (χ0n) is 12.0. The number of rotatable bonds is 2. The Hall–Kier alpha value is -1.65. The van der Waals surface area contributed by atoms with Crippen LogP contribution in [0.1, 0.15) is 23.2 Å². The molecule has 1 fully saturated rings. The standard InChI is InChI=1S/C16H18ClN3O/c1-20-9-6-11(7-10-20)19-16(21)13-4-5-14(17)15-12(13)3-2-8-18-15/h2-5,8,11H,6-7,9-10H2,1H3,(H,19,21). The molecule has 1 aliphatic heterocycles. The summed E-state index contributed by atoms with van der Waals surface area (Å²) in [6.45, 7) is 2.04. The molecule has 0 radical (unpaired) electrons. The van der Waals surface area contributed by atoms with Crippen molar-refractivity contribution in [3.63, 3.8) is 0 Å². The van der Waals surface area contributed by atoms with Crippen LogP contribution in [0.4, 0.5) is 0 Å². The Morgan fingerprint density at radius 1 is 1.33 bits per heavy atom. The Balaban J connectivity index is 1.83. The Kier molecular flexibility index (Phi) is 4.08. The van der Waals surface area contributed by atoms with Gasteiger partial charge in [0.05, 0.1) is 10.5 Å². The molecule has 1 amide bonds. The van der Waals surface area contributed by atoms with Crippen LogP contribution in [0.5, 0.6) is 0 Å². The van der Waals surface area contributed by atoms with E-state index in [1.165, 1.54) is 0 Å². The van der Waals surface area contributed by atoms with Gasteiger partial charge in [-0.1, -0.05) is 17.7 Å². The molecular formula is C16H18ClN3O. The van der Waals surface area contributed by atoms with Crippen molar-refractivity contribution < 1.29 is 4.79 Å². The molecule has 5 heteroatoms. The predicted molar refractivity (Wildman–Crippen MR) is 84.7 cm³/mol. The van der Waals surface area contributed by atoms with E-state index in [1.807, 2.05) is 12.1 Å². The first-order valence-corrected chi connectivity index (χ1v) is 7.55. The summed E-state index contributed by atoms with van der Waals surface area (Å²) in [6.07, 6.45) is 3.67. The van der Waals surface area contributed by atoms with Crippen molar-refractivity contribution in [3.8, 4) is 0 Å². The number of amides is 1. The maximum absolute atomic E-state index is 12.5. The molecule has 0 unspecified atom stereocenters. The quantitative estimate of drug-likeness (QED) is 0.928. The highest BCUT2D eigenvalue weighted by Gasteiger charge is 2.20. The smallest absolute Gasteiger partial charge is 0.252 e. The molecule has 0 aliphatic carbocycles. The van der Waals surface area contributed by atoms with Gasteiger partial charge >= 0.3 is 0 Å². The summed E-state index contributed by atoms with van der Waals surface area (Å²) < 4.78 is 0. The van der Waals surface area contributed by atoms with Gasteiger partial charge in [0.1, 0.15) is 0 Å². The third-order valence-corrected chi connectivity index (χ3v) is 4.32. The summed E-state index contributed by atoms with van der Waals surface area (Å²) in [6, 6.07) is 7.47. The molecule has 0 spiro atoms. The number of fused-ring (bicyclic) bond motifs is 1. The fraction of sp³-hybridized carbons (Fsp3) is 0.375. The molecule has 0 bridgehead atoms. The number of nitrogens with zero attached hydrogens (tertiary/aromatic N) is 2. The SMILES string of the molecule is CN1CCC(NC(=O)c2ccc(Cl)c3ncccc23)CC1. The van der Waals surface area contributed by atoms with E-state index in [0.717, 1.165) is 31.3 Å². The minimum absolute atomic E-state index is 0.0424. The van der Waals surface area contributed by atoms with Crippen molar-refractivity contribution in [2.24, 2.45) is 0 Å². The van der Waals surface area contributed by atoms with Crippen molar-refractivity contribution in [1.82, 2.24) is 15.2 Å². The Bertz CT molecular complexity index is 666. The van der Waals surface area contributed by atoms with Gasteiger partial charge in [-0.25, -0.2) is 0 Å². The lowest BCUT2D eigenvalue weighted by molar-refractivity contribution is 0.0918. The Labute approximate surface area is 129 Å². The molecule has 1 aliphatic rings. The monoisotopic (exact) mass is 303 g/mol. The van der Waals surface area contributed by atoms with Crippen LogP contribution < -0.4 is 5.32 Å². The van der Waals surface area contributed by atoms with Gasteiger partial charge < -0.3 is 10.2 Å². The number of benzene rings is 1. The van der Waals surface area contributed by atoms with Crippen LogP contribution in [0, 0.1) is 0 Å². The van der Waals surface area contributed by atoms with Crippen molar-refractivity contribution in [2.75, 3.05) is 20.1 Å². The molecule has 1 aromatic heterocycles. The van der Waals surface area contributed by atoms with E-state index < -0.39 is 0 Å². The average molecular weight is 304 g/mol. The molecule has 2 heterocycles. The van der Waals surface area contributed by atoms with Crippen LogP contribution in [-0.4, -0.2) is 42.0 Å². The zero-order valence-corrected chi connectivity index (χ0v) is 12.7. The van der Waals surface area contributed by atoms with E-state index in [9.17, 15) is 4.79 Å². The van der Waals surface area contributed by atoms with Gasteiger partial charge in [-0.3, -0.25) is 9.78 Å². The van der Waals surface area contributed by atoms with Crippen LogP contribution in [-0.2, 0) is 0 Å². The van der Waals surface area contributed by atoms with Gasteiger partial charge in [-0.15, -0.1) is 0 Å². The predicted octanol–water partition coefficient (Wildman–Crippen LogP) is 2.71. The van der Waals surface area contributed by atoms with Crippen molar-refractivity contribution >= 4 is 28.4 Å². The summed E-state index contributed by atoms with van der Waals surface area (Å²) in [5.74, 6) is -0.0424. The van der Waals surface area contributed by atoms with Gasteiger partial charge in [0, 0.05) is 23.2 Å². The van der Waals surface area contributed by atoms with E-state index in [2.05, 4.69) is 22.2 Å². The third-order valence-electron chi connectivity index (χ3n) is 4.02. The molecule has 2 aromatic rings. The minimum atomic E-state index is -0.0424. The highest BCUT2D eigenvalue weighted by Crippen LogP contribution is 2.24. The van der Waals surface area contributed by atoms with Gasteiger partial charge in [-0.2, -0.15) is 0 Å². The molecular weight excluding hydrogens is 286 g/mol. The summed E-state index contributed by atoms with van der Waals surface area (Å²) in [4.78, 5) is 19.1. The van der Waals surface area contributed by atoms with Gasteiger partial charge in [0.2, 0.25) is 0 Å². The first-order valence-electron chi connectivity index (χ1n) is 7.18. The Morgan fingerprint density at radius 2 is 2.10 bits per heavy atom. The fourth-order valence-corrected chi connectivity index (χ4v) is 2.97. The molecule has 4 nitrogen and oxygen atoms in total. The first kappa shape index (κ1) is 14.3. The number of carbonyl (C=O) groups is 1. The number of likely N-dealkylation sites (tertiary alicyclic amines) is 1. The summed E-state index contributed by atoms with van der Waals surface area (Å²) in [7, 11) is 2.11. The third kappa shape index (κ3) is 3.01. The van der Waals surface area contributed by atoms with E-state index in [0.29, 0.717) is 16.1 Å². The lowest BCUT2D eigenvalue weighted by Crippen LogP contribution is -2.43. The van der Waals surface area contributed by atoms with E-state index in [1.54, 1.807) is 18.3 Å². The molecule has 1 saturated heterocycles. The summed E-state index contributed by atoms with van der Waals surface area (Å²) in [5, 5.41) is 4.50. The van der Waals surface area contributed by atoms with Crippen molar-refractivity contribution in [2.45, 2.75) is 18.9 Å². The zero-order chi connectivity index (χ0) is 14.8. The van der Waals surface area contributed by atoms with Crippen LogP contribution in [0.15, 0.2) is 30.5 Å². The fourth-order valence-electron chi connectivity index (χ4n) is 2.75. The number of carbonyl (C=O) groups excluding carboxylic acids is 1. The molecule has 0 atom stereocenters. The highest BCUT2D eigenvalue weighted by atomic mass is 35.5. The van der Waals surface area contributed by atoms with E-state index in [4.69, 9.17) is 11.6 Å². The van der Waals surface area contributed by atoms with Crippen LogP contribution in [0.25, 0.3) is 10.9 Å². The second-order valence-electron chi connectivity index (χ2n) is 5.55. The van der Waals surface area contributed by atoms with E-state index >= 15 is 0 Å². The van der Waals surface area contributed by atoms with Crippen LogP contribution >= 0.6 is 11.6 Å². The number of nitrogens with one attached hydrogen (secondary N) is 1. The number of aromatic nitrogens is 1. The summed E-state index contributed by atoms with van der Waals surface area (Å²) in [5.41, 5.74) is 1.32. The van der Waals surface area contributed by atoms with E-state index in [-0.39, 0.29) is 11.9 Å². The first-order chi connectivity index (χ1) is 10.1. The lowest BCUT2D eigenvalue weighted by Gasteiger charge is -2.29. The molecule has 3 rings (SSSR count). The maximum atomic E-state index is 12.5. The number of piperidine rings is 1. The normalized spacial score (nSPS) is 17.0.